The average molecular weight is 364 g/mol. The van der Waals surface area contributed by atoms with Gasteiger partial charge in [0.25, 0.3) is 0 Å². The maximum absolute atomic E-state index is 12.2. The summed E-state index contributed by atoms with van der Waals surface area (Å²) in [6.45, 7) is 3.84. The van der Waals surface area contributed by atoms with Gasteiger partial charge in [0, 0.05) is 17.0 Å². The zero-order valence-corrected chi connectivity index (χ0v) is 15.5. The number of nitrogens with one attached hydrogen (secondary N) is 1. The Labute approximate surface area is 149 Å². The van der Waals surface area contributed by atoms with E-state index >= 15 is 0 Å². The van der Waals surface area contributed by atoms with E-state index in [1.807, 2.05) is 19.2 Å². The third kappa shape index (κ3) is 5.65. The predicted molar refractivity (Wildman–Crippen MR) is 97.1 cm³/mol. The summed E-state index contributed by atoms with van der Waals surface area (Å²) in [5, 5.41) is 4.70. The number of benzene rings is 1. The zero-order chi connectivity index (χ0) is 17.5. The molecule has 1 aromatic carbocycles. The molecule has 1 amide bonds. The molecule has 2 aromatic rings. The van der Waals surface area contributed by atoms with Crippen LogP contribution < -0.4 is 10.1 Å². The van der Waals surface area contributed by atoms with E-state index in [1.54, 1.807) is 31.4 Å². The van der Waals surface area contributed by atoms with E-state index < -0.39 is 0 Å². The lowest BCUT2D eigenvalue weighted by Gasteiger charge is -2.06. The quantitative estimate of drug-likeness (QED) is 0.575. The summed E-state index contributed by atoms with van der Waals surface area (Å²) in [6, 6.07) is 7.17. The molecule has 0 saturated heterocycles. The zero-order valence-electron chi connectivity index (χ0n) is 13.9. The molecule has 7 heteroatoms. The molecule has 0 saturated carbocycles. The van der Waals surface area contributed by atoms with Crippen LogP contribution in [0, 0.1) is 0 Å². The van der Waals surface area contributed by atoms with Crippen LogP contribution in [0.3, 0.4) is 0 Å². The van der Waals surface area contributed by atoms with Crippen LogP contribution in [0.25, 0.3) is 0 Å². The molecule has 0 aliphatic rings. The number of thioether (sulfide) groups is 1. The number of amides is 1. The topological polar surface area (TPSA) is 68.3 Å². The molecule has 0 aliphatic heterocycles. The second kappa shape index (κ2) is 8.84. The number of hydrogen-bond acceptors (Lipinski definition) is 6. The molecule has 0 atom stereocenters. The highest BCUT2D eigenvalue weighted by Crippen LogP contribution is 2.24. The van der Waals surface area contributed by atoms with Gasteiger partial charge in [-0.25, -0.2) is 4.98 Å². The van der Waals surface area contributed by atoms with E-state index in [2.05, 4.69) is 10.3 Å². The van der Waals surface area contributed by atoms with Gasteiger partial charge in [-0.15, -0.1) is 11.3 Å². The lowest BCUT2D eigenvalue weighted by atomic mass is 10.1. The summed E-state index contributed by atoms with van der Waals surface area (Å²) in [7, 11) is 1.59. The van der Waals surface area contributed by atoms with Gasteiger partial charge in [0.2, 0.25) is 5.91 Å². The lowest BCUT2D eigenvalue weighted by molar-refractivity contribution is -0.120. The van der Waals surface area contributed by atoms with E-state index in [4.69, 9.17) is 4.74 Å². The van der Waals surface area contributed by atoms with Crippen LogP contribution >= 0.6 is 23.1 Å². The van der Waals surface area contributed by atoms with Crippen LogP contribution in [-0.4, -0.2) is 35.6 Å². The molecule has 1 aromatic heterocycles. The maximum Gasteiger partial charge on any atom is 0.226 e. The molecule has 5 nitrogen and oxygen atoms in total. The van der Waals surface area contributed by atoms with Crippen LogP contribution in [0.4, 0.5) is 0 Å². The van der Waals surface area contributed by atoms with Crippen molar-refractivity contribution in [2.45, 2.75) is 30.6 Å². The SMILES string of the molecule is COc1ccc(C(=O)CSc2nc(CC(=O)NC(C)C)cs2)cc1. The summed E-state index contributed by atoms with van der Waals surface area (Å²) in [4.78, 5) is 28.3. The highest BCUT2D eigenvalue weighted by molar-refractivity contribution is 8.01. The Bertz CT molecular complexity index is 696. The Morgan fingerprint density at radius 1 is 1.29 bits per heavy atom. The van der Waals surface area contributed by atoms with Crippen molar-refractivity contribution in [1.29, 1.82) is 0 Å². The Hall–Kier alpha value is -1.86. The molecule has 24 heavy (non-hydrogen) atoms. The van der Waals surface area contributed by atoms with Crippen LogP contribution in [-0.2, 0) is 11.2 Å². The average Bonchev–Trinajstić information content (AvgIpc) is 2.99. The van der Waals surface area contributed by atoms with Crippen molar-refractivity contribution in [2.75, 3.05) is 12.9 Å². The van der Waals surface area contributed by atoms with Crippen LogP contribution in [0.2, 0.25) is 0 Å². The molecule has 0 bridgehead atoms. The molecular weight excluding hydrogens is 344 g/mol. The van der Waals surface area contributed by atoms with E-state index in [-0.39, 0.29) is 24.2 Å². The predicted octanol–water partition coefficient (Wildman–Crippen LogP) is 3.19. The minimum Gasteiger partial charge on any atom is -0.497 e. The fraction of sp³-hybridized carbons (Fsp3) is 0.353. The first-order chi connectivity index (χ1) is 11.5. The van der Waals surface area contributed by atoms with Crippen molar-refractivity contribution in [3.05, 3.63) is 40.9 Å². The first-order valence-corrected chi connectivity index (χ1v) is 9.38. The van der Waals surface area contributed by atoms with Crippen LogP contribution in [0.1, 0.15) is 29.9 Å². The number of hydrogen-bond donors (Lipinski definition) is 1. The Balaban J connectivity index is 1.85. The Kier molecular flexibility index (Phi) is 6.81. The van der Waals surface area contributed by atoms with Gasteiger partial charge in [0.1, 0.15) is 5.75 Å². The third-order valence-corrected chi connectivity index (χ3v) is 5.13. The van der Waals surface area contributed by atoms with Gasteiger partial charge in [0.05, 0.1) is 25.0 Å². The molecular formula is C17H20N2O3S2. The molecule has 2 rings (SSSR count). The van der Waals surface area contributed by atoms with E-state index in [1.165, 1.54) is 23.1 Å². The van der Waals surface area contributed by atoms with Crippen molar-refractivity contribution in [2.24, 2.45) is 0 Å². The fourth-order valence-corrected chi connectivity index (χ4v) is 3.70. The van der Waals surface area contributed by atoms with Gasteiger partial charge >= 0.3 is 0 Å². The number of nitrogens with zero attached hydrogens (tertiary/aromatic N) is 1. The van der Waals surface area contributed by atoms with Gasteiger partial charge in [-0.1, -0.05) is 11.8 Å². The summed E-state index contributed by atoms with van der Waals surface area (Å²) in [6.07, 6.45) is 0.266. The highest BCUT2D eigenvalue weighted by Gasteiger charge is 2.11. The van der Waals surface area contributed by atoms with Gasteiger partial charge in [-0.3, -0.25) is 9.59 Å². The molecule has 0 unspecified atom stereocenters. The smallest absolute Gasteiger partial charge is 0.226 e. The number of methoxy groups -OCH3 is 1. The number of ether oxygens (including phenoxy) is 1. The van der Waals surface area contributed by atoms with Gasteiger partial charge < -0.3 is 10.1 Å². The largest absolute Gasteiger partial charge is 0.497 e. The number of thiazole rings is 1. The first-order valence-electron chi connectivity index (χ1n) is 7.51. The number of ketones is 1. The minimum absolute atomic E-state index is 0.0388. The van der Waals surface area contributed by atoms with Crippen molar-refractivity contribution >= 4 is 34.8 Å². The number of rotatable bonds is 8. The van der Waals surface area contributed by atoms with E-state index in [9.17, 15) is 9.59 Å². The fourth-order valence-electron chi connectivity index (χ4n) is 1.96. The number of aromatic nitrogens is 1. The van der Waals surface area contributed by atoms with E-state index in [0.717, 1.165) is 15.8 Å². The second-order valence-corrected chi connectivity index (χ2v) is 7.52. The van der Waals surface area contributed by atoms with Crippen LogP contribution in [0.5, 0.6) is 5.75 Å². The molecule has 0 radical (unpaired) electrons. The number of Topliss-reactive ketones (excluding diaryl/α,β-unsaturated/α-hetero) is 1. The summed E-state index contributed by atoms with van der Waals surface area (Å²) >= 11 is 2.84. The Morgan fingerprint density at radius 3 is 2.62 bits per heavy atom. The first kappa shape index (κ1) is 18.5. The van der Waals surface area contributed by atoms with E-state index in [0.29, 0.717) is 11.3 Å². The van der Waals surface area contributed by atoms with Crippen molar-refractivity contribution in [3.8, 4) is 5.75 Å². The van der Waals surface area contributed by atoms with Gasteiger partial charge in [0.15, 0.2) is 10.1 Å². The van der Waals surface area contributed by atoms with Crippen molar-refractivity contribution in [1.82, 2.24) is 10.3 Å². The van der Waals surface area contributed by atoms with Crippen LogP contribution in [0.15, 0.2) is 34.0 Å². The lowest BCUT2D eigenvalue weighted by Crippen LogP contribution is -2.31. The molecule has 1 N–H and O–H groups in total. The third-order valence-electron chi connectivity index (χ3n) is 3.06. The summed E-state index contributed by atoms with van der Waals surface area (Å²) in [5.74, 6) is 1.04. The molecule has 0 spiro atoms. The standard InChI is InChI=1S/C17H20N2O3S2/c1-11(2)18-16(21)8-13-9-23-17(19-13)24-10-15(20)12-4-6-14(22-3)7-5-12/h4-7,9,11H,8,10H2,1-3H3,(H,18,21). The highest BCUT2D eigenvalue weighted by atomic mass is 32.2. The minimum atomic E-state index is -0.0406. The van der Waals surface area contributed by atoms with Gasteiger partial charge in [-0.2, -0.15) is 0 Å². The second-order valence-electron chi connectivity index (χ2n) is 5.44. The van der Waals surface area contributed by atoms with Crippen molar-refractivity contribution in [3.63, 3.8) is 0 Å². The van der Waals surface area contributed by atoms with Gasteiger partial charge in [-0.05, 0) is 38.1 Å². The molecule has 0 aliphatic carbocycles. The molecule has 0 fully saturated rings. The molecule has 128 valence electrons. The Morgan fingerprint density at radius 2 is 2.00 bits per heavy atom. The number of carbonyl (C=O) groups excluding carboxylic acids is 2. The monoisotopic (exact) mass is 364 g/mol. The molecule has 1 heterocycles. The maximum atomic E-state index is 12.2. The normalized spacial score (nSPS) is 10.7. The summed E-state index contributed by atoms with van der Waals surface area (Å²) in [5.41, 5.74) is 1.38. The van der Waals surface area contributed by atoms with Crippen molar-refractivity contribution < 1.29 is 14.3 Å². The number of carbonyl (C=O) groups is 2. The summed E-state index contributed by atoms with van der Waals surface area (Å²) < 4.78 is 5.87.